The summed E-state index contributed by atoms with van der Waals surface area (Å²) in [5.41, 5.74) is 6.72. The lowest BCUT2D eigenvalue weighted by Gasteiger charge is -2.15. The van der Waals surface area contributed by atoms with E-state index in [1.807, 2.05) is 38.1 Å². The molecule has 0 heterocycles. The minimum atomic E-state index is -0.103. The average molecular weight is 250 g/mol. The van der Waals surface area contributed by atoms with Crippen LogP contribution in [0.15, 0.2) is 24.3 Å². The second-order valence-corrected chi connectivity index (χ2v) is 4.71. The van der Waals surface area contributed by atoms with Crippen molar-refractivity contribution in [1.82, 2.24) is 5.32 Å². The van der Waals surface area contributed by atoms with Crippen LogP contribution in [0, 0.1) is 0 Å². The van der Waals surface area contributed by atoms with Crippen LogP contribution < -0.4 is 15.8 Å². The van der Waals surface area contributed by atoms with Crippen LogP contribution in [0.5, 0.6) is 5.75 Å². The molecule has 100 valence electrons. The molecule has 4 nitrogen and oxygen atoms in total. The minimum Gasteiger partial charge on any atom is -0.497 e. The largest absolute Gasteiger partial charge is 0.497 e. The predicted octanol–water partition coefficient (Wildman–Crippen LogP) is 1.48. The van der Waals surface area contributed by atoms with Gasteiger partial charge in [0, 0.05) is 18.5 Å². The van der Waals surface area contributed by atoms with Gasteiger partial charge in [-0.1, -0.05) is 12.1 Å². The Balaban J connectivity index is 2.48. The monoisotopic (exact) mass is 250 g/mol. The first-order valence-electron chi connectivity index (χ1n) is 6.19. The molecule has 0 radical (unpaired) electrons. The van der Waals surface area contributed by atoms with Gasteiger partial charge in [-0.3, -0.25) is 4.79 Å². The van der Waals surface area contributed by atoms with Crippen LogP contribution in [-0.4, -0.2) is 25.1 Å². The third-order valence-corrected chi connectivity index (χ3v) is 2.59. The Hall–Kier alpha value is -1.55. The maximum Gasteiger partial charge on any atom is 0.221 e. The van der Waals surface area contributed by atoms with E-state index in [9.17, 15) is 4.79 Å². The molecule has 0 saturated carbocycles. The van der Waals surface area contributed by atoms with Gasteiger partial charge in [0.25, 0.3) is 0 Å². The Bertz CT molecular complexity index is 391. The molecule has 0 aliphatic rings. The third-order valence-electron chi connectivity index (χ3n) is 2.59. The van der Waals surface area contributed by atoms with Crippen molar-refractivity contribution in [1.29, 1.82) is 0 Å². The van der Waals surface area contributed by atoms with E-state index in [4.69, 9.17) is 10.5 Å². The quantitative estimate of drug-likeness (QED) is 0.803. The summed E-state index contributed by atoms with van der Waals surface area (Å²) in [5, 5.41) is 2.94. The van der Waals surface area contributed by atoms with Gasteiger partial charge in [0.05, 0.1) is 7.11 Å². The lowest BCUT2D eigenvalue weighted by molar-refractivity contribution is -0.121. The number of ether oxygens (including phenoxy) is 1. The van der Waals surface area contributed by atoms with Gasteiger partial charge in [0.15, 0.2) is 0 Å². The number of benzene rings is 1. The van der Waals surface area contributed by atoms with Gasteiger partial charge in [-0.25, -0.2) is 0 Å². The second kappa shape index (κ2) is 7.01. The summed E-state index contributed by atoms with van der Waals surface area (Å²) >= 11 is 0. The van der Waals surface area contributed by atoms with Crippen molar-refractivity contribution in [3.8, 4) is 5.75 Å². The molecule has 0 saturated heterocycles. The van der Waals surface area contributed by atoms with Crippen LogP contribution in [0.1, 0.15) is 25.8 Å². The fraction of sp³-hybridized carbons (Fsp3) is 0.500. The molecule has 0 bridgehead atoms. The highest BCUT2D eigenvalue weighted by Gasteiger charge is 2.10. The maximum atomic E-state index is 11.6. The molecule has 1 amide bonds. The van der Waals surface area contributed by atoms with E-state index in [0.29, 0.717) is 6.42 Å². The molecule has 2 unspecified atom stereocenters. The molecule has 0 aliphatic heterocycles. The molecular weight excluding hydrogens is 228 g/mol. The topological polar surface area (TPSA) is 64.3 Å². The Kier molecular flexibility index (Phi) is 5.65. The normalized spacial score (nSPS) is 13.8. The number of rotatable bonds is 6. The Morgan fingerprint density at radius 3 is 2.78 bits per heavy atom. The van der Waals surface area contributed by atoms with Crippen molar-refractivity contribution >= 4 is 5.91 Å². The molecule has 1 rings (SSSR count). The van der Waals surface area contributed by atoms with Gasteiger partial charge >= 0.3 is 0 Å². The number of hydrogen-bond donors (Lipinski definition) is 2. The van der Waals surface area contributed by atoms with Gasteiger partial charge in [-0.15, -0.1) is 0 Å². The third kappa shape index (κ3) is 5.19. The summed E-state index contributed by atoms with van der Waals surface area (Å²) in [7, 11) is 1.65. The van der Waals surface area contributed by atoms with Gasteiger partial charge in [-0.05, 0) is 38.0 Å². The van der Waals surface area contributed by atoms with Gasteiger partial charge in [-0.2, -0.15) is 0 Å². The molecule has 2 atom stereocenters. The zero-order chi connectivity index (χ0) is 13.5. The summed E-state index contributed by atoms with van der Waals surface area (Å²) in [6, 6.07) is 7.84. The highest BCUT2D eigenvalue weighted by Crippen LogP contribution is 2.13. The van der Waals surface area contributed by atoms with Crippen molar-refractivity contribution in [3.05, 3.63) is 29.8 Å². The SMILES string of the molecule is COc1cccc(CC(C)NC(=O)CC(C)N)c1. The summed E-state index contributed by atoms with van der Waals surface area (Å²) < 4.78 is 5.17. The lowest BCUT2D eigenvalue weighted by atomic mass is 10.1. The first kappa shape index (κ1) is 14.5. The second-order valence-electron chi connectivity index (χ2n) is 4.71. The molecule has 0 spiro atoms. The summed E-state index contributed by atoms with van der Waals surface area (Å²) in [6.07, 6.45) is 1.14. The number of hydrogen-bond acceptors (Lipinski definition) is 3. The summed E-state index contributed by atoms with van der Waals surface area (Å²) in [6.45, 7) is 3.81. The van der Waals surface area contributed by atoms with Crippen LogP contribution in [0.4, 0.5) is 0 Å². The van der Waals surface area contributed by atoms with E-state index in [0.717, 1.165) is 17.7 Å². The molecule has 18 heavy (non-hydrogen) atoms. The van der Waals surface area contributed by atoms with E-state index in [1.165, 1.54) is 0 Å². The zero-order valence-corrected chi connectivity index (χ0v) is 11.3. The summed E-state index contributed by atoms with van der Waals surface area (Å²) in [5.74, 6) is 0.835. The van der Waals surface area contributed by atoms with Gasteiger partial charge in [0.2, 0.25) is 5.91 Å². The molecule has 1 aromatic rings. The fourth-order valence-corrected chi connectivity index (χ4v) is 1.83. The van der Waals surface area contributed by atoms with E-state index in [2.05, 4.69) is 5.32 Å². The molecule has 0 aromatic heterocycles. The Morgan fingerprint density at radius 2 is 2.17 bits per heavy atom. The summed E-state index contributed by atoms with van der Waals surface area (Å²) in [4.78, 5) is 11.6. The average Bonchev–Trinajstić information content (AvgIpc) is 2.27. The maximum absolute atomic E-state index is 11.6. The van der Waals surface area contributed by atoms with Crippen LogP contribution in [0.25, 0.3) is 0 Å². The molecular formula is C14H22N2O2. The van der Waals surface area contributed by atoms with Gasteiger partial charge in [0.1, 0.15) is 5.75 Å². The van der Waals surface area contributed by atoms with Crippen LogP contribution in [0.3, 0.4) is 0 Å². The Morgan fingerprint density at radius 1 is 1.44 bits per heavy atom. The number of carbonyl (C=O) groups excluding carboxylic acids is 1. The molecule has 3 N–H and O–H groups in total. The minimum absolute atomic E-state index is 0.000367. The predicted molar refractivity (Wildman–Crippen MR) is 72.6 cm³/mol. The number of nitrogens with one attached hydrogen (secondary N) is 1. The lowest BCUT2D eigenvalue weighted by Crippen LogP contribution is -2.37. The number of nitrogens with two attached hydrogens (primary N) is 1. The van der Waals surface area contributed by atoms with E-state index < -0.39 is 0 Å². The molecule has 4 heteroatoms. The van der Waals surface area contributed by atoms with Crippen molar-refractivity contribution in [2.45, 2.75) is 38.8 Å². The van der Waals surface area contributed by atoms with Crippen LogP contribution in [0.2, 0.25) is 0 Å². The van der Waals surface area contributed by atoms with E-state index in [-0.39, 0.29) is 18.0 Å². The van der Waals surface area contributed by atoms with E-state index >= 15 is 0 Å². The smallest absolute Gasteiger partial charge is 0.221 e. The van der Waals surface area contributed by atoms with Crippen LogP contribution >= 0.6 is 0 Å². The highest BCUT2D eigenvalue weighted by molar-refractivity contribution is 5.76. The highest BCUT2D eigenvalue weighted by atomic mass is 16.5. The first-order chi connectivity index (χ1) is 8.51. The number of amides is 1. The molecule has 0 aliphatic carbocycles. The zero-order valence-electron chi connectivity index (χ0n) is 11.3. The fourth-order valence-electron chi connectivity index (χ4n) is 1.83. The van der Waals surface area contributed by atoms with Crippen molar-refractivity contribution in [2.75, 3.05) is 7.11 Å². The van der Waals surface area contributed by atoms with Crippen molar-refractivity contribution < 1.29 is 9.53 Å². The standard InChI is InChI=1S/C14H22N2O2/c1-10(15)7-14(17)16-11(2)8-12-5-4-6-13(9-12)18-3/h4-6,9-11H,7-8,15H2,1-3H3,(H,16,17). The number of carbonyl (C=O) groups is 1. The molecule has 1 aromatic carbocycles. The van der Waals surface area contributed by atoms with Crippen LogP contribution in [-0.2, 0) is 11.2 Å². The molecule has 0 fully saturated rings. The van der Waals surface area contributed by atoms with E-state index in [1.54, 1.807) is 7.11 Å². The van der Waals surface area contributed by atoms with Crippen molar-refractivity contribution in [2.24, 2.45) is 5.73 Å². The first-order valence-corrected chi connectivity index (χ1v) is 6.19. The number of methoxy groups -OCH3 is 1. The van der Waals surface area contributed by atoms with Gasteiger partial charge < -0.3 is 15.8 Å². The van der Waals surface area contributed by atoms with Crippen molar-refractivity contribution in [3.63, 3.8) is 0 Å². The Labute approximate surface area is 109 Å².